The maximum Gasteiger partial charge on any atom is 0.160 e. The molecule has 1 aromatic carbocycles. The van der Waals surface area contributed by atoms with Gasteiger partial charge in [0.25, 0.3) is 0 Å². The number of benzene rings is 1. The zero-order valence-corrected chi connectivity index (χ0v) is 10.1. The minimum Gasteiger partial charge on any atom is -0.294 e. The fourth-order valence-corrected chi connectivity index (χ4v) is 1.73. The van der Waals surface area contributed by atoms with Crippen LogP contribution in [0.1, 0.15) is 43.6 Å². The van der Waals surface area contributed by atoms with E-state index in [1.807, 2.05) is 20.8 Å². The average molecular weight is 229 g/mol. The molecule has 0 saturated carbocycles. The largest absolute Gasteiger partial charge is 0.294 e. The van der Waals surface area contributed by atoms with Gasteiger partial charge in [-0.3, -0.25) is 4.79 Å². The Morgan fingerprint density at radius 1 is 1.33 bits per heavy atom. The first-order valence-corrected chi connectivity index (χ1v) is 5.12. The first-order valence-electron chi connectivity index (χ1n) is 4.74. The summed E-state index contributed by atoms with van der Waals surface area (Å²) < 4.78 is 13.8. The van der Waals surface area contributed by atoms with E-state index in [4.69, 9.17) is 11.6 Å². The van der Waals surface area contributed by atoms with Gasteiger partial charge in [-0.1, -0.05) is 32.4 Å². The summed E-state index contributed by atoms with van der Waals surface area (Å²) in [5.74, 6) is -0.632. The van der Waals surface area contributed by atoms with Crippen molar-refractivity contribution in [1.82, 2.24) is 0 Å². The molecule has 0 aromatic heterocycles. The zero-order chi connectivity index (χ0) is 11.8. The van der Waals surface area contributed by atoms with E-state index in [1.54, 1.807) is 6.07 Å². The van der Waals surface area contributed by atoms with Crippen LogP contribution in [0.4, 0.5) is 4.39 Å². The van der Waals surface area contributed by atoms with Gasteiger partial charge in [-0.25, -0.2) is 4.39 Å². The SMILES string of the molecule is CC(=O)c1ccc(Cl)c(F)c1C(C)(C)C. The van der Waals surface area contributed by atoms with Crippen LogP contribution in [0.15, 0.2) is 12.1 Å². The van der Waals surface area contributed by atoms with Gasteiger partial charge in [-0.05, 0) is 24.5 Å². The molecule has 0 unspecified atom stereocenters. The maximum absolute atomic E-state index is 13.8. The molecule has 0 fully saturated rings. The Morgan fingerprint density at radius 3 is 2.27 bits per heavy atom. The number of rotatable bonds is 1. The van der Waals surface area contributed by atoms with Crippen molar-refractivity contribution < 1.29 is 9.18 Å². The van der Waals surface area contributed by atoms with E-state index in [-0.39, 0.29) is 10.8 Å². The van der Waals surface area contributed by atoms with E-state index in [0.717, 1.165) is 0 Å². The molecule has 0 radical (unpaired) electrons. The molecule has 0 atom stereocenters. The predicted octanol–water partition coefficient (Wildman–Crippen LogP) is 3.98. The summed E-state index contributed by atoms with van der Waals surface area (Å²) in [6, 6.07) is 3.00. The Hall–Kier alpha value is -0.890. The van der Waals surface area contributed by atoms with Crippen molar-refractivity contribution in [3.8, 4) is 0 Å². The van der Waals surface area contributed by atoms with Crippen LogP contribution in [0.2, 0.25) is 5.02 Å². The number of hydrogen-bond acceptors (Lipinski definition) is 1. The van der Waals surface area contributed by atoms with E-state index in [2.05, 4.69) is 0 Å². The topological polar surface area (TPSA) is 17.1 Å². The highest BCUT2D eigenvalue weighted by molar-refractivity contribution is 6.31. The predicted molar refractivity (Wildman–Crippen MR) is 60.1 cm³/mol. The second-order valence-corrected chi connectivity index (χ2v) is 5.00. The lowest BCUT2D eigenvalue weighted by Gasteiger charge is -2.23. The highest BCUT2D eigenvalue weighted by Gasteiger charge is 2.25. The van der Waals surface area contributed by atoms with Gasteiger partial charge in [0.2, 0.25) is 0 Å². The number of Topliss-reactive ketones (excluding diaryl/α,β-unsaturated/α-hetero) is 1. The lowest BCUT2D eigenvalue weighted by Crippen LogP contribution is -2.18. The molecule has 0 saturated heterocycles. The van der Waals surface area contributed by atoms with Crippen molar-refractivity contribution in [2.45, 2.75) is 33.1 Å². The van der Waals surface area contributed by atoms with Crippen molar-refractivity contribution in [2.75, 3.05) is 0 Å². The summed E-state index contributed by atoms with van der Waals surface area (Å²) in [5.41, 5.74) is 0.364. The molecule has 0 N–H and O–H groups in total. The van der Waals surface area contributed by atoms with Crippen LogP contribution >= 0.6 is 11.6 Å². The van der Waals surface area contributed by atoms with E-state index >= 15 is 0 Å². The molecule has 0 bridgehead atoms. The van der Waals surface area contributed by atoms with Gasteiger partial charge in [0.15, 0.2) is 5.78 Å². The molecule has 15 heavy (non-hydrogen) atoms. The van der Waals surface area contributed by atoms with Gasteiger partial charge in [-0.2, -0.15) is 0 Å². The third-order valence-corrected chi connectivity index (χ3v) is 2.52. The van der Waals surface area contributed by atoms with Crippen molar-refractivity contribution in [2.24, 2.45) is 0 Å². The van der Waals surface area contributed by atoms with Crippen LogP contribution in [-0.2, 0) is 5.41 Å². The quantitative estimate of drug-likeness (QED) is 0.665. The highest BCUT2D eigenvalue weighted by atomic mass is 35.5. The molecule has 0 aliphatic rings. The van der Waals surface area contributed by atoms with Gasteiger partial charge in [0, 0.05) is 11.1 Å². The van der Waals surface area contributed by atoms with E-state index in [9.17, 15) is 9.18 Å². The second-order valence-electron chi connectivity index (χ2n) is 4.59. The molecule has 3 heteroatoms. The molecule has 1 aromatic rings. The third kappa shape index (κ3) is 2.37. The van der Waals surface area contributed by atoms with Crippen molar-refractivity contribution >= 4 is 17.4 Å². The van der Waals surface area contributed by atoms with Crippen LogP contribution in [-0.4, -0.2) is 5.78 Å². The normalized spacial score (nSPS) is 11.6. The Bertz CT molecular complexity index is 405. The molecule has 0 spiro atoms. The molecule has 82 valence electrons. The smallest absolute Gasteiger partial charge is 0.160 e. The number of halogens is 2. The number of carbonyl (C=O) groups is 1. The zero-order valence-electron chi connectivity index (χ0n) is 9.32. The van der Waals surface area contributed by atoms with Gasteiger partial charge < -0.3 is 0 Å². The fraction of sp³-hybridized carbons (Fsp3) is 0.417. The molecule has 0 heterocycles. The number of carbonyl (C=O) groups excluding carboxylic acids is 1. The lowest BCUT2D eigenvalue weighted by atomic mass is 9.82. The van der Waals surface area contributed by atoms with E-state index < -0.39 is 11.2 Å². The maximum atomic E-state index is 13.8. The van der Waals surface area contributed by atoms with Crippen LogP contribution in [0.3, 0.4) is 0 Å². The van der Waals surface area contributed by atoms with Crippen molar-refractivity contribution in [3.63, 3.8) is 0 Å². The summed E-state index contributed by atoms with van der Waals surface area (Å²) in [6.45, 7) is 6.99. The van der Waals surface area contributed by atoms with Crippen molar-refractivity contribution in [3.05, 3.63) is 34.1 Å². The third-order valence-electron chi connectivity index (χ3n) is 2.22. The Balaban J connectivity index is 3.57. The van der Waals surface area contributed by atoms with Gasteiger partial charge in [0.05, 0.1) is 5.02 Å². The summed E-state index contributed by atoms with van der Waals surface area (Å²) in [4.78, 5) is 11.4. The highest BCUT2D eigenvalue weighted by Crippen LogP contribution is 2.32. The Kier molecular flexibility index (Phi) is 3.19. The van der Waals surface area contributed by atoms with Crippen molar-refractivity contribution in [1.29, 1.82) is 0 Å². The average Bonchev–Trinajstić information content (AvgIpc) is 2.06. The molecular formula is C12H14ClFO. The van der Waals surface area contributed by atoms with Crippen LogP contribution < -0.4 is 0 Å². The minimum atomic E-state index is -0.489. The second kappa shape index (κ2) is 3.93. The molecule has 1 rings (SSSR count). The van der Waals surface area contributed by atoms with Gasteiger partial charge in [-0.15, -0.1) is 0 Å². The van der Waals surface area contributed by atoms with Gasteiger partial charge >= 0.3 is 0 Å². The molecule has 0 aliphatic heterocycles. The summed E-state index contributed by atoms with van der Waals surface area (Å²) in [5, 5.41) is 0.0601. The molecule has 0 amide bonds. The Labute approximate surface area is 94.3 Å². The number of ketones is 1. The summed E-state index contributed by atoms with van der Waals surface area (Å²) in [6.07, 6.45) is 0. The van der Waals surface area contributed by atoms with E-state index in [1.165, 1.54) is 13.0 Å². The molecular weight excluding hydrogens is 215 g/mol. The first kappa shape index (κ1) is 12.2. The molecule has 0 aliphatic carbocycles. The number of hydrogen-bond donors (Lipinski definition) is 0. The molecule has 1 nitrogen and oxygen atoms in total. The lowest BCUT2D eigenvalue weighted by molar-refractivity contribution is 0.101. The monoisotopic (exact) mass is 228 g/mol. The Morgan fingerprint density at radius 2 is 1.87 bits per heavy atom. The fourth-order valence-electron chi connectivity index (χ4n) is 1.58. The summed E-state index contributed by atoms with van der Waals surface area (Å²) >= 11 is 5.71. The standard InChI is InChI=1S/C12H14ClFO/c1-7(15)8-5-6-9(13)11(14)10(8)12(2,3)4/h5-6H,1-4H3. The van der Waals surface area contributed by atoms with Crippen LogP contribution in [0, 0.1) is 5.82 Å². The van der Waals surface area contributed by atoms with Gasteiger partial charge in [0.1, 0.15) is 5.82 Å². The van der Waals surface area contributed by atoms with Crippen LogP contribution in [0.25, 0.3) is 0 Å². The summed E-state index contributed by atoms with van der Waals surface area (Å²) in [7, 11) is 0. The van der Waals surface area contributed by atoms with E-state index in [0.29, 0.717) is 11.1 Å². The van der Waals surface area contributed by atoms with Crippen LogP contribution in [0.5, 0.6) is 0 Å². The minimum absolute atomic E-state index is 0.0601. The first-order chi connectivity index (χ1) is 6.75.